The van der Waals surface area contributed by atoms with Crippen LogP contribution in [0.15, 0.2) is 30.5 Å². The third-order valence-electron chi connectivity index (χ3n) is 2.79. The van der Waals surface area contributed by atoms with Crippen LogP contribution in [0.25, 0.3) is 0 Å². The van der Waals surface area contributed by atoms with Crippen molar-refractivity contribution in [3.05, 3.63) is 40.9 Å². The lowest BCUT2D eigenvalue weighted by molar-refractivity contribution is 0.0523. The first-order valence-corrected chi connectivity index (χ1v) is 8.13. The molecule has 0 unspecified atom stereocenters. The fourth-order valence-corrected chi connectivity index (χ4v) is 2.36. The van der Waals surface area contributed by atoms with Gasteiger partial charge < -0.3 is 15.4 Å². The van der Waals surface area contributed by atoms with Crippen molar-refractivity contribution in [2.75, 3.05) is 5.32 Å². The van der Waals surface area contributed by atoms with E-state index in [0.717, 1.165) is 16.9 Å². The van der Waals surface area contributed by atoms with E-state index in [9.17, 15) is 9.59 Å². The van der Waals surface area contributed by atoms with Gasteiger partial charge in [0.15, 0.2) is 7.85 Å². The maximum atomic E-state index is 12.0. The van der Waals surface area contributed by atoms with Crippen LogP contribution >= 0.6 is 11.3 Å². The van der Waals surface area contributed by atoms with Crippen molar-refractivity contribution in [1.29, 1.82) is 0 Å². The van der Waals surface area contributed by atoms with Crippen LogP contribution in [0.2, 0.25) is 0 Å². The van der Waals surface area contributed by atoms with E-state index in [1.165, 1.54) is 6.20 Å². The molecule has 24 heavy (non-hydrogen) atoms. The van der Waals surface area contributed by atoms with E-state index in [1.807, 2.05) is 12.1 Å². The molecule has 0 bridgehead atoms. The molecule has 1 aromatic carbocycles. The second kappa shape index (κ2) is 7.48. The quantitative estimate of drug-likeness (QED) is 0.834. The minimum Gasteiger partial charge on any atom is -0.444 e. The molecule has 0 atom stereocenters. The van der Waals surface area contributed by atoms with E-state index in [-0.39, 0.29) is 5.91 Å². The molecule has 0 fully saturated rings. The summed E-state index contributed by atoms with van der Waals surface area (Å²) in [5.41, 5.74) is 1.01. The molecule has 6 nitrogen and oxygen atoms in total. The summed E-state index contributed by atoms with van der Waals surface area (Å²) in [5, 5.41) is 5.43. The first kappa shape index (κ1) is 18.0. The van der Waals surface area contributed by atoms with Gasteiger partial charge in [0.05, 0.1) is 0 Å². The van der Waals surface area contributed by atoms with Crippen LogP contribution in [-0.4, -0.2) is 30.4 Å². The molecule has 2 aromatic rings. The number of anilines is 1. The number of nitrogens with zero attached hydrogens (tertiary/aromatic N) is 1. The molecular formula is C16H18BN3O3S. The lowest BCUT2D eigenvalue weighted by Crippen LogP contribution is -2.32. The van der Waals surface area contributed by atoms with Gasteiger partial charge in [-0.15, -0.1) is 11.3 Å². The Labute approximate surface area is 146 Å². The van der Waals surface area contributed by atoms with Crippen LogP contribution in [0.3, 0.4) is 0 Å². The van der Waals surface area contributed by atoms with Crippen molar-refractivity contribution in [2.45, 2.75) is 32.9 Å². The third-order valence-corrected chi connectivity index (χ3v) is 3.62. The second-order valence-electron chi connectivity index (χ2n) is 6.07. The number of carbonyl (C=O) groups excluding carboxylic acids is 2. The van der Waals surface area contributed by atoms with E-state index < -0.39 is 11.7 Å². The zero-order valence-electron chi connectivity index (χ0n) is 13.8. The Morgan fingerprint density at radius 2 is 1.92 bits per heavy atom. The van der Waals surface area contributed by atoms with Gasteiger partial charge in [0, 0.05) is 23.3 Å². The number of benzene rings is 1. The Bertz CT molecular complexity index is 723. The number of alkyl carbamates (subject to hydrolysis) is 1. The fourth-order valence-electron chi connectivity index (χ4n) is 1.78. The van der Waals surface area contributed by atoms with Gasteiger partial charge in [-0.05, 0) is 38.5 Å². The first-order chi connectivity index (χ1) is 11.2. The largest absolute Gasteiger partial charge is 0.444 e. The molecular weight excluding hydrogens is 325 g/mol. The van der Waals surface area contributed by atoms with Crippen LogP contribution in [0.1, 0.15) is 36.0 Å². The molecule has 8 heteroatoms. The minimum atomic E-state index is -0.529. The summed E-state index contributed by atoms with van der Waals surface area (Å²) >= 11 is 1.13. The number of hydrogen-bond acceptors (Lipinski definition) is 5. The molecule has 0 saturated heterocycles. The summed E-state index contributed by atoms with van der Waals surface area (Å²) in [5.74, 6) is -0.260. The molecule has 0 aliphatic carbocycles. The maximum absolute atomic E-state index is 12.0. The molecule has 2 rings (SSSR count). The second-order valence-corrected chi connectivity index (χ2v) is 7.13. The molecule has 2 radical (unpaired) electrons. The zero-order valence-corrected chi connectivity index (χ0v) is 14.6. The van der Waals surface area contributed by atoms with Crippen molar-refractivity contribution in [1.82, 2.24) is 10.3 Å². The monoisotopic (exact) mass is 343 g/mol. The number of ether oxygens (including phenoxy) is 1. The Hall–Kier alpha value is -2.35. The van der Waals surface area contributed by atoms with Crippen LogP contribution < -0.4 is 15.5 Å². The van der Waals surface area contributed by atoms with E-state index in [2.05, 4.69) is 15.6 Å². The van der Waals surface area contributed by atoms with Gasteiger partial charge in [-0.25, -0.2) is 4.79 Å². The maximum Gasteiger partial charge on any atom is 0.407 e. The predicted octanol–water partition coefficient (Wildman–Crippen LogP) is 2.21. The van der Waals surface area contributed by atoms with Crippen molar-refractivity contribution in [3.8, 4) is 0 Å². The Balaban J connectivity index is 1.86. The van der Waals surface area contributed by atoms with Crippen molar-refractivity contribution in [3.63, 3.8) is 0 Å². The summed E-state index contributed by atoms with van der Waals surface area (Å²) < 4.78 is 5.16. The number of thiazole rings is 1. The van der Waals surface area contributed by atoms with Crippen LogP contribution in [0.4, 0.5) is 10.5 Å². The average molecular weight is 343 g/mol. The molecule has 1 aromatic heterocycles. The normalized spacial score (nSPS) is 11.0. The van der Waals surface area contributed by atoms with E-state index in [4.69, 9.17) is 12.6 Å². The van der Waals surface area contributed by atoms with Gasteiger partial charge in [0.2, 0.25) is 0 Å². The lowest BCUT2D eigenvalue weighted by Gasteiger charge is -2.19. The predicted molar refractivity (Wildman–Crippen MR) is 95.0 cm³/mol. The van der Waals surface area contributed by atoms with Crippen molar-refractivity contribution >= 4 is 41.8 Å². The molecule has 1 heterocycles. The van der Waals surface area contributed by atoms with Gasteiger partial charge in [0.25, 0.3) is 5.91 Å². The highest BCUT2D eigenvalue weighted by molar-refractivity contribution is 7.21. The van der Waals surface area contributed by atoms with Gasteiger partial charge in [-0.1, -0.05) is 12.1 Å². The number of nitrogens with one attached hydrogen (secondary N) is 2. The Morgan fingerprint density at radius 3 is 2.46 bits per heavy atom. The highest BCUT2D eigenvalue weighted by Crippen LogP contribution is 2.13. The molecule has 0 aliphatic rings. The summed E-state index contributed by atoms with van der Waals surface area (Å²) in [7, 11) is 5.51. The fraction of sp³-hybridized carbons (Fsp3) is 0.312. The standard InChI is InChI=1S/C16H18BN3O3S/c1-16(2,3)23-15(22)19-8-10-4-6-11(7-5-10)20-13(21)12-9-18-14(17)24-12/h4-7,9H,8H2,1-3H3,(H,19,22)(H,20,21). The van der Waals surface area contributed by atoms with E-state index in [0.29, 0.717) is 22.0 Å². The van der Waals surface area contributed by atoms with Gasteiger partial charge in [-0.3, -0.25) is 9.78 Å². The summed E-state index contributed by atoms with van der Waals surface area (Å²) in [6.07, 6.45) is 0.969. The van der Waals surface area contributed by atoms with Crippen LogP contribution in [0.5, 0.6) is 0 Å². The lowest BCUT2D eigenvalue weighted by atomic mass is 10.2. The summed E-state index contributed by atoms with van der Waals surface area (Å²) in [6.45, 7) is 5.76. The highest BCUT2D eigenvalue weighted by Gasteiger charge is 2.15. The third kappa shape index (κ3) is 5.70. The van der Waals surface area contributed by atoms with Gasteiger partial charge in [0.1, 0.15) is 10.5 Å². The van der Waals surface area contributed by atoms with Gasteiger partial charge >= 0.3 is 6.09 Å². The molecule has 0 saturated carbocycles. The first-order valence-electron chi connectivity index (χ1n) is 7.31. The minimum absolute atomic E-state index is 0.260. The Kier molecular flexibility index (Phi) is 5.61. The molecule has 124 valence electrons. The molecule has 0 spiro atoms. The SMILES string of the molecule is [B]c1ncc(C(=O)Nc2ccc(CNC(=O)OC(C)(C)C)cc2)s1. The van der Waals surface area contributed by atoms with Crippen LogP contribution in [-0.2, 0) is 11.3 Å². The molecule has 2 amide bonds. The molecule has 2 N–H and O–H groups in total. The van der Waals surface area contributed by atoms with Crippen LogP contribution in [0, 0.1) is 0 Å². The number of amides is 2. The summed E-state index contributed by atoms with van der Waals surface area (Å²) in [4.78, 5) is 28.2. The Morgan fingerprint density at radius 1 is 1.25 bits per heavy atom. The van der Waals surface area contributed by atoms with Crippen molar-refractivity contribution < 1.29 is 14.3 Å². The summed E-state index contributed by atoms with van der Waals surface area (Å²) in [6, 6.07) is 7.14. The highest BCUT2D eigenvalue weighted by atomic mass is 32.1. The number of hydrogen-bond donors (Lipinski definition) is 2. The topological polar surface area (TPSA) is 80.3 Å². The number of rotatable bonds is 4. The number of carbonyl (C=O) groups is 2. The van der Waals surface area contributed by atoms with Crippen molar-refractivity contribution in [2.24, 2.45) is 0 Å². The van der Waals surface area contributed by atoms with Gasteiger partial charge in [-0.2, -0.15) is 0 Å². The van der Waals surface area contributed by atoms with E-state index in [1.54, 1.807) is 32.9 Å². The average Bonchev–Trinajstić information content (AvgIpc) is 2.91. The van der Waals surface area contributed by atoms with E-state index >= 15 is 0 Å². The molecule has 0 aliphatic heterocycles. The smallest absolute Gasteiger partial charge is 0.407 e. The number of aromatic nitrogens is 1. The zero-order chi connectivity index (χ0) is 17.7.